The highest BCUT2D eigenvalue weighted by Crippen LogP contribution is 2.45. The van der Waals surface area contributed by atoms with E-state index in [2.05, 4.69) is 13.8 Å². The molecule has 0 saturated carbocycles. The third-order valence-electron chi connectivity index (χ3n) is 2.36. The topological polar surface area (TPSA) is 46.5 Å². The first-order chi connectivity index (χ1) is 7.55. The molecule has 3 nitrogen and oxygen atoms in total. The van der Waals surface area contributed by atoms with Crippen LogP contribution in [0.4, 0.5) is 0 Å². The maximum atomic E-state index is 11.6. The van der Waals surface area contributed by atoms with Crippen LogP contribution >= 0.6 is 7.60 Å². The van der Waals surface area contributed by atoms with Crippen LogP contribution in [0.15, 0.2) is 11.4 Å². The van der Waals surface area contributed by atoms with Gasteiger partial charge in [-0.05, 0) is 32.6 Å². The SMILES string of the molecule is CCCCC(=CP(=O)(O)OCC)CCCC. The zero-order chi connectivity index (χ0) is 12.4. The van der Waals surface area contributed by atoms with E-state index in [-0.39, 0.29) is 6.61 Å². The fraction of sp³-hybridized carbons (Fsp3) is 0.833. The van der Waals surface area contributed by atoms with E-state index < -0.39 is 7.60 Å². The van der Waals surface area contributed by atoms with Crippen LogP contribution in [0, 0.1) is 0 Å². The van der Waals surface area contributed by atoms with Gasteiger partial charge in [-0.25, -0.2) is 0 Å². The summed E-state index contributed by atoms with van der Waals surface area (Å²) in [7, 11) is -3.49. The lowest BCUT2D eigenvalue weighted by Crippen LogP contribution is -1.90. The second-order valence-corrected chi connectivity index (χ2v) is 5.62. The van der Waals surface area contributed by atoms with Gasteiger partial charge in [0.25, 0.3) is 0 Å². The number of allylic oxidation sites excluding steroid dienone is 1. The van der Waals surface area contributed by atoms with E-state index in [9.17, 15) is 9.46 Å². The standard InChI is InChI=1S/C12H25O3P/c1-4-7-9-12(10-8-5-2)11-16(13,14)15-6-3/h11H,4-10H2,1-3H3,(H,13,14). The highest BCUT2D eigenvalue weighted by molar-refractivity contribution is 7.56. The zero-order valence-electron chi connectivity index (χ0n) is 10.7. The molecule has 0 heterocycles. The fourth-order valence-electron chi connectivity index (χ4n) is 1.51. The van der Waals surface area contributed by atoms with Gasteiger partial charge in [-0.3, -0.25) is 4.57 Å². The molecule has 0 aliphatic carbocycles. The Morgan fingerprint density at radius 3 is 2.06 bits per heavy atom. The van der Waals surface area contributed by atoms with Crippen molar-refractivity contribution in [2.45, 2.75) is 59.3 Å². The van der Waals surface area contributed by atoms with Crippen LogP contribution in [0.25, 0.3) is 0 Å². The highest BCUT2D eigenvalue weighted by atomic mass is 31.2. The van der Waals surface area contributed by atoms with Crippen molar-refractivity contribution in [2.24, 2.45) is 0 Å². The van der Waals surface area contributed by atoms with Gasteiger partial charge in [-0.15, -0.1) is 0 Å². The lowest BCUT2D eigenvalue weighted by molar-refractivity contribution is 0.282. The Bertz CT molecular complexity index is 239. The first kappa shape index (κ1) is 15.9. The van der Waals surface area contributed by atoms with Crippen molar-refractivity contribution in [1.29, 1.82) is 0 Å². The van der Waals surface area contributed by atoms with E-state index >= 15 is 0 Å². The molecule has 1 N–H and O–H groups in total. The zero-order valence-corrected chi connectivity index (χ0v) is 11.6. The van der Waals surface area contributed by atoms with Crippen LogP contribution in [0.1, 0.15) is 59.3 Å². The van der Waals surface area contributed by atoms with Crippen molar-refractivity contribution < 1.29 is 14.0 Å². The first-order valence-electron chi connectivity index (χ1n) is 6.23. The second-order valence-electron chi connectivity index (χ2n) is 3.98. The van der Waals surface area contributed by atoms with Crippen molar-refractivity contribution in [3.8, 4) is 0 Å². The molecule has 16 heavy (non-hydrogen) atoms. The second kappa shape index (κ2) is 8.98. The highest BCUT2D eigenvalue weighted by Gasteiger charge is 2.15. The molecule has 0 aliphatic rings. The van der Waals surface area contributed by atoms with Gasteiger partial charge in [-0.2, -0.15) is 0 Å². The Hall–Kier alpha value is -0.110. The summed E-state index contributed by atoms with van der Waals surface area (Å²) in [4.78, 5) is 9.54. The molecule has 0 rings (SSSR count). The molecule has 0 radical (unpaired) electrons. The number of hydrogen-bond donors (Lipinski definition) is 1. The van der Waals surface area contributed by atoms with Crippen LogP contribution in [0.5, 0.6) is 0 Å². The van der Waals surface area contributed by atoms with Gasteiger partial charge in [-0.1, -0.05) is 32.3 Å². The van der Waals surface area contributed by atoms with E-state index in [4.69, 9.17) is 4.52 Å². The summed E-state index contributed by atoms with van der Waals surface area (Å²) >= 11 is 0. The predicted molar refractivity (Wildman–Crippen MR) is 68.6 cm³/mol. The van der Waals surface area contributed by atoms with Gasteiger partial charge in [0, 0.05) is 5.82 Å². The molecular weight excluding hydrogens is 223 g/mol. The smallest absolute Gasteiger partial charge is 0.321 e. The number of unbranched alkanes of at least 4 members (excludes halogenated alkanes) is 2. The van der Waals surface area contributed by atoms with E-state index in [1.165, 1.54) is 5.82 Å². The third-order valence-corrected chi connectivity index (χ3v) is 3.68. The molecule has 0 saturated heterocycles. The van der Waals surface area contributed by atoms with Crippen molar-refractivity contribution in [2.75, 3.05) is 6.61 Å². The molecule has 0 spiro atoms. The predicted octanol–water partition coefficient (Wildman–Crippen LogP) is 4.47. The summed E-state index contributed by atoms with van der Waals surface area (Å²) in [5, 5.41) is 0. The Kier molecular flexibility index (Phi) is 8.91. The van der Waals surface area contributed by atoms with E-state index in [0.717, 1.165) is 44.1 Å². The molecule has 96 valence electrons. The van der Waals surface area contributed by atoms with Crippen molar-refractivity contribution in [3.63, 3.8) is 0 Å². The summed E-state index contributed by atoms with van der Waals surface area (Å²) in [6, 6.07) is 0. The summed E-state index contributed by atoms with van der Waals surface area (Å²) in [5.41, 5.74) is 1.07. The lowest BCUT2D eigenvalue weighted by Gasteiger charge is -2.10. The molecule has 0 aromatic rings. The van der Waals surface area contributed by atoms with Crippen LogP contribution < -0.4 is 0 Å². The van der Waals surface area contributed by atoms with E-state index in [1.807, 2.05) is 0 Å². The average molecular weight is 248 g/mol. The molecule has 0 bridgehead atoms. The number of hydrogen-bond acceptors (Lipinski definition) is 2. The molecule has 0 aliphatic heterocycles. The van der Waals surface area contributed by atoms with Crippen LogP contribution in [0.3, 0.4) is 0 Å². The normalized spacial score (nSPS) is 14.5. The number of rotatable bonds is 9. The van der Waals surface area contributed by atoms with Gasteiger partial charge in [0.05, 0.1) is 6.61 Å². The minimum atomic E-state index is -3.49. The largest absolute Gasteiger partial charge is 0.351 e. The molecule has 0 amide bonds. The molecule has 0 aromatic heterocycles. The van der Waals surface area contributed by atoms with Crippen molar-refractivity contribution >= 4 is 7.60 Å². The third kappa shape index (κ3) is 8.09. The minimum absolute atomic E-state index is 0.277. The summed E-state index contributed by atoms with van der Waals surface area (Å²) < 4.78 is 16.5. The Morgan fingerprint density at radius 2 is 1.69 bits per heavy atom. The van der Waals surface area contributed by atoms with Crippen LogP contribution in [-0.2, 0) is 9.09 Å². The minimum Gasteiger partial charge on any atom is -0.321 e. The van der Waals surface area contributed by atoms with Crippen LogP contribution in [0.2, 0.25) is 0 Å². The monoisotopic (exact) mass is 248 g/mol. The van der Waals surface area contributed by atoms with Gasteiger partial charge in [0.2, 0.25) is 0 Å². The lowest BCUT2D eigenvalue weighted by atomic mass is 10.1. The summed E-state index contributed by atoms with van der Waals surface area (Å²) in [5.74, 6) is 1.46. The molecule has 0 fully saturated rings. The average Bonchev–Trinajstić information content (AvgIpc) is 2.21. The molecule has 1 unspecified atom stereocenters. The fourth-order valence-corrected chi connectivity index (χ4v) is 2.68. The van der Waals surface area contributed by atoms with Gasteiger partial charge < -0.3 is 9.42 Å². The Morgan fingerprint density at radius 1 is 1.19 bits per heavy atom. The molecular formula is C12H25O3P. The Labute approximate surface area is 99.4 Å². The van der Waals surface area contributed by atoms with Gasteiger partial charge >= 0.3 is 7.60 Å². The first-order valence-corrected chi connectivity index (χ1v) is 7.88. The molecule has 1 atom stereocenters. The van der Waals surface area contributed by atoms with E-state index in [0.29, 0.717) is 0 Å². The quantitative estimate of drug-likeness (QED) is 0.612. The Balaban J connectivity index is 4.45. The van der Waals surface area contributed by atoms with Crippen molar-refractivity contribution in [3.05, 3.63) is 11.4 Å². The maximum Gasteiger partial charge on any atom is 0.351 e. The van der Waals surface area contributed by atoms with Crippen molar-refractivity contribution in [1.82, 2.24) is 0 Å². The van der Waals surface area contributed by atoms with E-state index in [1.54, 1.807) is 6.92 Å². The summed E-state index contributed by atoms with van der Waals surface area (Å²) in [6.07, 6.45) is 6.17. The molecule has 4 heteroatoms. The maximum absolute atomic E-state index is 11.6. The summed E-state index contributed by atoms with van der Waals surface area (Å²) in [6.45, 7) is 6.25. The molecule has 0 aromatic carbocycles. The van der Waals surface area contributed by atoms with Gasteiger partial charge in [0.15, 0.2) is 0 Å². The van der Waals surface area contributed by atoms with Crippen LogP contribution in [-0.4, -0.2) is 11.5 Å². The van der Waals surface area contributed by atoms with Gasteiger partial charge in [0.1, 0.15) is 0 Å².